The molecule has 1 aromatic carbocycles. The summed E-state index contributed by atoms with van der Waals surface area (Å²) in [5.41, 5.74) is 0.437. The van der Waals surface area contributed by atoms with E-state index >= 15 is 0 Å². The Morgan fingerprint density at radius 2 is 2.10 bits per heavy atom. The summed E-state index contributed by atoms with van der Waals surface area (Å²) in [5.74, 6) is -0.232. The predicted octanol–water partition coefficient (Wildman–Crippen LogP) is 1.83. The molecule has 0 radical (unpaired) electrons. The topological polar surface area (TPSA) is 58.2 Å². The largest absolute Gasteiger partial charge is 0.315 e. The van der Waals surface area contributed by atoms with E-state index in [4.69, 9.17) is 0 Å². The summed E-state index contributed by atoms with van der Waals surface area (Å²) in [6.07, 6.45) is 0.926. The van der Waals surface area contributed by atoms with Crippen molar-refractivity contribution in [2.24, 2.45) is 5.92 Å². The van der Waals surface area contributed by atoms with Gasteiger partial charge in [0.25, 0.3) is 0 Å². The fourth-order valence-corrected chi connectivity index (χ4v) is 3.51. The van der Waals surface area contributed by atoms with E-state index in [1.54, 1.807) is 6.92 Å². The Hall–Kier alpha value is -0.690. The zero-order valence-electron chi connectivity index (χ0n) is 11.5. The van der Waals surface area contributed by atoms with Crippen molar-refractivity contribution in [1.29, 1.82) is 0 Å². The fraction of sp³-hybridized carbons (Fsp3) is 0.538. The third kappa shape index (κ3) is 3.91. The quantitative estimate of drug-likeness (QED) is 0.892. The molecule has 1 aromatic rings. The monoisotopic (exact) mass is 322 g/mol. The highest BCUT2D eigenvalue weighted by molar-refractivity contribution is 7.89. The maximum absolute atomic E-state index is 13.5. The minimum absolute atomic E-state index is 0. The summed E-state index contributed by atoms with van der Waals surface area (Å²) in [4.78, 5) is -0.0200. The van der Waals surface area contributed by atoms with Crippen LogP contribution in [0, 0.1) is 18.7 Å². The van der Waals surface area contributed by atoms with Gasteiger partial charge in [-0.25, -0.2) is 17.5 Å². The fourth-order valence-electron chi connectivity index (χ4n) is 2.16. The number of benzene rings is 1. The molecule has 1 saturated heterocycles. The molecule has 2 rings (SSSR count). The van der Waals surface area contributed by atoms with E-state index in [2.05, 4.69) is 10.0 Å². The lowest BCUT2D eigenvalue weighted by molar-refractivity contribution is 0.327. The summed E-state index contributed by atoms with van der Waals surface area (Å²) in [6.45, 7) is 5.13. The Kier molecular flexibility index (Phi) is 5.94. The Bertz CT molecular complexity index is 565. The van der Waals surface area contributed by atoms with Gasteiger partial charge in [-0.2, -0.15) is 0 Å². The number of hydrogen-bond acceptors (Lipinski definition) is 3. The molecule has 1 aliphatic rings. The zero-order chi connectivity index (χ0) is 14.0. The van der Waals surface area contributed by atoms with Crippen LogP contribution in [-0.4, -0.2) is 27.5 Å². The molecule has 1 heterocycles. The third-order valence-electron chi connectivity index (χ3n) is 3.59. The number of sulfonamides is 1. The molecule has 0 amide bonds. The van der Waals surface area contributed by atoms with Crippen molar-refractivity contribution in [1.82, 2.24) is 10.0 Å². The molecule has 0 aromatic heterocycles. The van der Waals surface area contributed by atoms with Gasteiger partial charge in [-0.3, -0.25) is 0 Å². The van der Waals surface area contributed by atoms with E-state index in [9.17, 15) is 12.8 Å². The first kappa shape index (κ1) is 17.4. The summed E-state index contributed by atoms with van der Waals surface area (Å²) < 4.78 is 40.5. The Balaban J connectivity index is 0.00000200. The summed E-state index contributed by atoms with van der Waals surface area (Å²) in [7, 11) is -3.66. The number of rotatable bonds is 3. The summed E-state index contributed by atoms with van der Waals surface area (Å²) in [5, 5.41) is 3.16. The van der Waals surface area contributed by atoms with Crippen molar-refractivity contribution in [3.63, 3.8) is 0 Å². The molecule has 1 fully saturated rings. The maximum atomic E-state index is 13.5. The molecule has 4 nitrogen and oxygen atoms in total. The molecule has 0 aliphatic carbocycles. The van der Waals surface area contributed by atoms with Gasteiger partial charge in [0.15, 0.2) is 0 Å². The number of piperidine rings is 1. The van der Waals surface area contributed by atoms with Crippen LogP contribution < -0.4 is 10.0 Å². The van der Waals surface area contributed by atoms with E-state index in [0.29, 0.717) is 12.1 Å². The van der Waals surface area contributed by atoms with Crippen LogP contribution in [0.1, 0.15) is 18.9 Å². The first-order valence-electron chi connectivity index (χ1n) is 6.39. The highest BCUT2D eigenvalue weighted by atomic mass is 35.5. The summed E-state index contributed by atoms with van der Waals surface area (Å²) >= 11 is 0. The van der Waals surface area contributed by atoms with Crippen LogP contribution in [0.3, 0.4) is 0 Å². The van der Waals surface area contributed by atoms with Crippen LogP contribution in [0.15, 0.2) is 23.1 Å². The van der Waals surface area contributed by atoms with Crippen molar-refractivity contribution < 1.29 is 12.8 Å². The lowest BCUT2D eigenvalue weighted by Crippen LogP contribution is -2.50. The molecular formula is C13H20ClFN2O2S. The Morgan fingerprint density at radius 3 is 2.70 bits per heavy atom. The van der Waals surface area contributed by atoms with Crippen molar-refractivity contribution in [3.05, 3.63) is 29.6 Å². The van der Waals surface area contributed by atoms with Crippen molar-refractivity contribution in [3.8, 4) is 0 Å². The third-order valence-corrected chi connectivity index (χ3v) is 5.08. The number of nitrogens with one attached hydrogen (secondary N) is 2. The van der Waals surface area contributed by atoms with E-state index in [0.717, 1.165) is 19.0 Å². The average molecular weight is 323 g/mol. The van der Waals surface area contributed by atoms with E-state index in [1.165, 1.54) is 12.1 Å². The Labute approximate surface area is 125 Å². The van der Waals surface area contributed by atoms with Crippen LogP contribution in [0.4, 0.5) is 4.39 Å². The van der Waals surface area contributed by atoms with Crippen LogP contribution in [0.25, 0.3) is 0 Å². The van der Waals surface area contributed by atoms with Gasteiger partial charge in [0.2, 0.25) is 10.0 Å². The first-order chi connectivity index (χ1) is 8.90. The Morgan fingerprint density at radius 1 is 1.40 bits per heavy atom. The standard InChI is InChI=1S/C13H19FN2O2S.ClH/c1-9-3-4-11(7-12(9)14)19(17,18)16-13-8-15-6-5-10(13)2;/h3-4,7,10,13,15-16H,5-6,8H2,1-2H3;1H. The minimum atomic E-state index is -3.66. The lowest BCUT2D eigenvalue weighted by Gasteiger charge is -2.29. The number of hydrogen-bond donors (Lipinski definition) is 2. The molecule has 1 aliphatic heterocycles. The predicted molar refractivity (Wildman–Crippen MR) is 79.1 cm³/mol. The van der Waals surface area contributed by atoms with Gasteiger partial charge >= 0.3 is 0 Å². The normalized spacial score (nSPS) is 23.1. The lowest BCUT2D eigenvalue weighted by atomic mass is 9.96. The maximum Gasteiger partial charge on any atom is 0.240 e. The molecule has 114 valence electrons. The molecule has 7 heteroatoms. The first-order valence-corrected chi connectivity index (χ1v) is 7.87. The SMILES string of the molecule is Cc1ccc(S(=O)(=O)NC2CNCCC2C)cc1F.Cl. The van der Waals surface area contributed by atoms with Crippen LogP contribution in [0.2, 0.25) is 0 Å². The molecular weight excluding hydrogens is 303 g/mol. The van der Waals surface area contributed by atoms with Crippen molar-refractivity contribution in [2.45, 2.75) is 31.2 Å². The van der Waals surface area contributed by atoms with Gasteiger partial charge < -0.3 is 5.32 Å². The summed E-state index contributed by atoms with van der Waals surface area (Å²) in [6, 6.07) is 3.83. The molecule has 2 atom stereocenters. The second kappa shape index (κ2) is 6.85. The highest BCUT2D eigenvalue weighted by Gasteiger charge is 2.26. The number of aryl methyl sites for hydroxylation is 1. The zero-order valence-corrected chi connectivity index (χ0v) is 13.2. The highest BCUT2D eigenvalue weighted by Crippen LogP contribution is 2.17. The molecule has 0 spiro atoms. The second-order valence-corrected chi connectivity index (χ2v) is 6.82. The molecule has 20 heavy (non-hydrogen) atoms. The van der Waals surface area contributed by atoms with Crippen LogP contribution >= 0.6 is 12.4 Å². The van der Waals surface area contributed by atoms with Gasteiger partial charge in [-0.05, 0) is 43.5 Å². The molecule has 0 saturated carbocycles. The second-order valence-electron chi connectivity index (χ2n) is 5.11. The smallest absolute Gasteiger partial charge is 0.240 e. The van der Waals surface area contributed by atoms with Gasteiger partial charge in [0, 0.05) is 12.6 Å². The van der Waals surface area contributed by atoms with Gasteiger partial charge in [0.05, 0.1) is 4.90 Å². The van der Waals surface area contributed by atoms with E-state index < -0.39 is 15.8 Å². The average Bonchev–Trinajstić information content (AvgIpc) is 2.35. The molecule has 2 unspecified atom stereocenters. The van der Waals surface area contributed by atoms with Gasteiger partial charge in [-0.1, -0.05) is 13.0 Å². The van der Waals surface area contributed by atoms with Crippen LogP contribution in [-0.2, 0) is 10.0 Å². The van der Waals surface area contributed by atoms with E-state index in [-0.39, 0.29) is 29.3 Å². The van der Waals surface area contributed by atoms with Gasteiger partial charge in [0.1, 0.15) is 5.82 Å². The minimum Gasteiger partial charge on any atom is -0.315 e. The van der Waals surface area contributed by atoms with E-state index in [1.807, 2.05) is 6.92 Å². The molecule has 0 bridgehead atoms. The van der Waals surface area contributed by atoms with Crippen LogP contribution in [0.5, 0.6) is 0 Å². The van der Waals surface area contributed by atoms with Crippen molar-refractivity contribution in [2.75, 3.05) is 13.1 Å². The molecule has 2 N–H and O–H groups in total. The van der Waals surface area contributed by atoms with Gasteiger partial charge in [-0.15, -0.1) is 12.4 Å². The van der Waals surface area contributed by atoms with Crippen molar-refractivity contribution >= 4 is 22.4 Å². The number of halogens is 2.